The van der Waals surface area contributed by atoms with Crippen LogP contribution in [0.15, 0.2) is 48.5 Å². The fraction of sp³-hybridized carbons (Fsp3) is 0.381. The van der Waals surface area contributed by atoms with Gasteiger partial charge in [-0.1, -0.05) is 42.5 Å². The molecule has 1 unspecified atom stereocenters. The van der Waals surface area contributed by atoms with Gasteiger partial charge >= 0.3 is 6.09 Å². The molecule has 2 aromatic rings. The highest BCUT2D eigenvalue weighted by molar-refractivity contribution is 5.68. The highest BCUT2D eigenvalue weighted by atomic mass is 16.6. The van der Waals surface area contributed by atoms with Crippen molar-refractivity contribution < 1.29 is 19.0 Å². The minimum atomic E-state index is -0.285. The van der Waals surface area contributed by atoms with Gasteiger partial charge in [-0.25, -0.2) is 4.79 Å². The summed E-state index contributed by atoms with van der Waals surface area (Å²) in [6, 6.07) is 15.5. The largest absolute Gasteiger partial charge is 0.493 e. The first-order chi connectivity index (χ1) is 13.2. The Morgan fingerprint density at radius 1 is 1.11 bits per heavy atom. The molecule has 27 heavy (non-hydrogen) atoms. The summed E-state index contributed by atoms with van der Waals surface area (Å²) in [6.07, 6.45) is 0.376. The molecular formula is C21H26N2O4. The van der Waals surface area contributed by atoms with E-state index in [4.69, 9.17) is 14.2 Å². The number of rotatable bonds is 6. The third-order valence-electron chi connectivity index (χ3n) is 4.73. The Morgan fingerprint density at radius 2 is 1.93 bits per heavy atom. The van der Waals surface area contributed by atoms with Crippen LogP contribution in [0.3, 0.4) is 0 Å². The predicted molar refractivity (Wildman–Crippen MR) is 103 cm³/mol. The number of methoxy groups -OCH3 is 2. The van der Waals surface area contributed by atoms with Gasteiger partial charge in [0, 0.05) is 25.2 Å². The van der Waals surface area contributed by atoms with Gasteiger partial charge < -0.3 is 24.4 Å². The van der Waals surface area contributed by atoms with E-state index in [1.807, 2.05) is 48.5 Å². The van der Waals surface area contributed by atoms with Crippen LogP contribution in [0.4, 0.5) is 4.79 Å². The number of carbonyl (C=O) groups is 1. The molecule has 0 saturated carbocycles. The van der Waals surface area contributed by atoms with Gasteiger partial charge in [-0.2, -0.15) is 0 Å². The van der Waals surface area contributed by atoms with Crippen molar-refractivity contribution in [3.63, 3.8) is 0 Å². The minimum absolute atomic E-state index is 0.0111. The number of piperazine rings is 1. The Labute approximate surface area is 160 Å². The third-order valence-corrected chi connectivity index (χ3v) is 4.73. The molecule has 6 heteroatoms. The van der Waals surface area contributed by atoms with Crippen LogP contribution < -0.4 is 14.8 Å². The van der Waals surface area contributed by atoms with Crippen LogP contribution in [0.25, 0.3) is 0 Å². The predicted octanol–water partition coefficient (Wildman–Crippen LogP) is 2.86. The number of amides is 1. The number of nitrogens with zero attached hydrogens (tertiary/aromatic N) is 1. The van der Waals surface area contributed by atoms with E-state index in [-0.39, 0.29) is 18.7 Å². The van der Waals surface area contributed by atoms with Gasteiger partial charge in [-0.3, -0.25) is 0 Å². The molecule has 0 aromatic heterocycles. The van der Waals surface area contributed by atoms with Crippen molar-refractivity contribution in [1.82, 2.24) is 10.2 Å². The smallest absolute Gasteiger partial charge is 0.410 e. The SMILES string of the molecule is COc1cccc(CC2CNCCN2C(=O)OCc2ccccc2)c1OC. The lowest BCUT2D eigenvalue weighted by Gasteiger charge is -2.35. The molecule has 1 aliphatic rings. The molecule has 6 nitrogen and oxygen atoms in total. The van der Waals surface area contributed by atoms with Crippen LogP contribution in [0.2, 0.25) is 0 Å². The first-order valence-electron chi connectivity index (χ1n) is 9.11. The molecule has 1 heterocycles. The second-order valence-corrected chi connectivity index (χ2v) is 6.45. The molecule has 0 aliphatic carbocycles. The molecule has 144 valence electrons. The lowest BCUT2D eigenvalue weighted by molar-refractivity contribution is 0.0721. The van der Waals surface area contributed by atoms with E-state index in [0.717, 1.165) is 17.7 Å². The maximum atomic E-state index is 12.7. The zero-order chi connectivity index (χ0) is 19.1. The van der Waals surface area contributed by atoms with E-state index >= 15 is 0 Å². The first-order valence-corrected chi connectivity index (χ1v) is 9.11. The average Bonchev–Trinajstić information content (AvgIpc) is 2.73. The standard InChI is InChI=1S/C21H26N2O4/c1-25-19-10-6-9-17(20(19)26-2)13-18-14-22-11-12-23(18)21(24)27-15-16-7-4-3-5-8-16/h3-10,18,22H,11-15H2,1-2H3. The van der Waals surface area contributed by atoms with E-state index < -0.39 is 0 Å². The number of benzene rings is 2. The summed E-state index contributed by atoms with van der Waals surface area (Å²) >= 11 is 0. The van der Waals surface area contributed by atoms with Gasteiger partial charge in [-0.05, 0) is 18.1 Å². The van der Waals surface area contributed by atoms with Crippen molar-refractivity contribution in [2.24, 2.45) is 0 Å². The van der Waals surface area contributed by atoms with Crippen molar-refractivity contribution in [2.45, 2.75) is 19.1 Å². The lowest BCUT2D eigenvalue weighted by atomic mass is 10.0. The van der Waals surface area contributed by atoms with E-state index in [1.54, 1.807) is 19.1 Å². The number of para-hydroxylation sites is 1. The van der Waals surface area contributed by atoms with E-state index in [9.17, 15) is 4.79 Å². The number of ether oxygens (including phenoxy) is 3. The Kier molecular flexibility index (Phi) is 6.54. The Morgan fingerprint density at radius 3 is 2.67 bits per heavy atom. The van der Waals surface area contributed by atoms with Crippen LogP contribution >= 0.6 is 0 Å². The molecular weight excluding hydrogens is 344 g/mol. The van der Waals surface area contributed by atoms with Crippen molar-refractivity contribution in [3.05, 3.63) is 59.7 Å². The summed E-state index contributed by atoms with van der Waals surface area (Å²) in [6.45, 7) is 2.36. The maximum Gasteiger partial charge on any atom is 0.410 e. The van der Waals surface area contributed by atoms with Gasteiger partial charge in [0.2, 0.25) is 0 Å². The average molecular weight is 370 g/mol. The van der Waals surface area contributed by atoms with Crippen LogP contribution in [0.1, 0.15) is 11.1 Å². The second-order valence-electron chi connectivity index (χ2n) is 6.45. The number of nitrogens with one attached hydrogen (secondary N) is 1. The number of hydrogen-bond donors (Lipinski definition) is 1. The zero-order valence-electron chi connectivity index (χ0n) is 15.8. The Balaban J connectivity index is 1.69. The normalized spacial score (nSPS) is 16.7. The topological polar surface area (TPSA) is 60.0 Å². The van der Waals surface area contributed by atoms with E-state index in [0.29, 0.717) is 31.0 Å². The maximum absolute atomic E-state index is 12.7. The van der Waals surface area contributed by atoms with Crippen LogP contribution in [0, 0.1) is 0 Å². The summed E-state index contributed by atoms with van der Waals surface area (Å²) in [5, 5.41) is 3.36. The lowest BCUT2D eigenvalue weighted by Crippen LogP contribution is -2.54. The van der Waals surface area contributed by atoms with Gasteiger partial charge in [0.1, 0.15) is 6.61 Å². The van der Waals surface area contributed by atoms with Gasteiger partial charge in [0.05, 0.1) is 20.3 Å². The van der Waals surface area contributed by atoms with Crippen molar-refractivity contribution in [1.29, 1.82) is 0 Å². The van der Waals surface area contributed by atoms with Crippen molar-refractivity contribution in [2.75, 3.05) is 33.9 Å². The highest BCUT2D eigenvalue weighted by Crippen LogP contribution is 2.32. The molecule has 0 bridgehead atoms. The third kappa shape index (κ3) is 4.71. The van der Waals surface area contributed by atoms with E-state index in [2.05, 4.69) is 5.32 Å². The van der Waals surface area contributed by atoms with Gasteiger partial charge in [0.15, 0.2) is 11.5 Å². The van der Waals surface area contributed by atoms with Crippen LogP contribution in [-0.4, -0.2) is 50.9 Å². The summed E-state index contributed by atoms with van der Waals surface area (Å²) in [4.78, 5) is 14.5. The number of carbonyl (C=O) groups excluding carboxylic acids is 1. The molecule has 3 rings (SSSR count). The van der Waals surface area contributed by atoms with Crippen molar-refractivity contribution >= 4 is 6.09 Å². The second kappa shape index (κ2) is 9.28. The van der Waals surface area contributed by atoms with Gasteiger partial charge in [-0.15, -0.1) is 0 Å². The Hall–Kier alpha value is -2.73. The van der Waals surface area contributed by atoms with Crippen LogP contribution in [-0.2, 0) is 17.8 Å². The Bertz CT molecular complexity index is 751. The highest BCUT2D eigenvalue weighted by Gasteiger charge is 2.29. The van der Waals surface area contributed by atoms with Crippen LogP contribution in [0.5, 0.6) is 11.5 Å². The monoisotopic (exact) mass is 370 g/mol. The van der Waals surface area contributed by atoms with E-state index in [1.165, 1.54) is 0 Å². The fourth-order valence-corrected chi connectivity index (χ4v) is 3.35. The zero-order valence-corrected chi connectivity index (χ0v) is 15.8. The fourth-order valence-electron chi connectivity index (χ4n) is 3.35. The molecule has 0 spiro atoms. The van der Waals surface area contributed by atoms with Crippen molar-refractivity contribution in [3.8, 4) is 11.5 Å². The summed E-state index contributed by atoms with van der Waals surface area (Å²) in [5.74, 6) is 1.40. The number of hydrogen-bond acceptors (Lipinski definition) is 5. The molecule has 0 radical (unpaired) electrons. The first kappa shape index (κ1) is 19.0. The molecule has 1 saturated heterocycles. The molecule has 1 N–H and O–H groups in total. The molecule has 1 fully saturated rings. The molecule has 1 atom stereocenters. The summed E-state index contributed by atoms with van der Waals surface area (Å²) in [7, 11) is 3.25. The minimum Gasteiger partial charge on any atom is -0.493 e. The quantitative estimate of drug-likeness (QED) is 0.847. The summed E-state index contributed by atoms with van der Waals surface area (Å²) in [5.41, 5.74) is 1.98. The van der Waals surface area contributed by atoms with Gasteiger partial charge in [0.25, 0.3) is 0 Å². The molecule has 2 aromatic carbocycles. The molecule has 1 aliphatic heterocycles. The molecule has 1 amide bonds. The summed E-state index contributed by atoms with van der Waals surface area (Å²) < 4.78 is 16.5.